The molecule has 3 rings (SSSR count). The molecule has 0 spiro atoms. The molecular weight excluding hydrogens is 258 g/mol. The van der Waals surface area contributed by atoms with Crippen LogP contribution in [0.1, 0.15) is 30.5 Å². The van der Waals surface area contributed by atoms with Crippen molar-refractivity contribution in [3.05, 3.63) is 59.9 Å². The predicted octanol–water partition coefficient (Wildman–Crippen LogP) is 3.19. The van der Waals surface area contributed by atoms with Gasteiger partial charge in [-0.05, 0) is 55.6 Å². The van der Waals surface area contributed by atoms with E-state index in [1.165, 1.54) is 36.2 Å². The van der Waals surface area contributed by atoms with E-state index in [-0.39, 0.29) is 0 Å². The number of hydrogen-bond acceptors (Lipinski definition) is 3. The summed E-state index contributed by atoms with van der Waals surface area (Å²) >= 11 is 0. The third-order valence-corrected chi connectivity index (χ3v) is 4.24. The molecule has 0 aliphatic carbocycles. The number of para-hydroxylation sites is 1. The molecule has 1 aromatic heterocycles. The number of hydrogen-bond donors (Lipinski definition) is 1. The summed E-state index contributed by atoms with van der Waals surface area (Å²) < 4.78 is 0. The summed E-state index contributed by atoms with van der Waals surface area (Å²) in [4.78, 5) is 6.57. The van der Waals surface area contributed by atoms with Crippen LogP contribution in [0.5, 0.6) is 0 Å². The molecule has 2 heterocycles. The number of nitrogens with one attached hydrogen (secondary N) is 1. The fraction of sp³-hybridized carbons (Fsp3) is 0.389. The molecule has 1 aliphatic heterocycles. The van der Waals surface area contributed by atoms with E-state index in [9.17, 15) is 0 Å². The van der Waals surface area contributed by atoms with E-state index in [0.29, 0.717) is 6.04 Å². The average molecular weight is 281 g/mol. The van der Waals surface area contributed by atoms with E-state index < -0.39 is 0 Å². The van der Waals surface area contributed by atoms with Gasteiger partial charge in [-0.1, -0.05) is 18.2 Å². The largest absolute Gasteiger partial charge is 0.371 e. The molecule has 3 heteroatoms. The lowest BCUT2D eigenvalue weighted by molar-refractivity contribution is 0.555. The fourth-order valence-electron chi connectivity index (χ4n) is 3.00. The smallest absolute Gasteiger partial charge is 0.0399 e. The van der Waals surface area contributed by atoms with Gasteiger partial charge in [-0.3, -0.25) is 4.98 Å². The second-order valence-electron chi connectivity index (χ2n) is 5.68. The number of benzene rings is 1. The van der Waals surface area contributed by atoms with Crippen molar-refractivity contribution in [1.29, 1.82) is 0 Å². The second kappa shape index (κ2) is 6.72. The number of pyridine rings is 1. The van der Waals surface area contributed by atoms with E-state index in [1.54, 1.807) is 0 Å². The van der Waals surface area contributed by atoms with Crippen LogP contribution in [-0.2, 0) is 6.42 Å². The van der Waals surface area contributed by atoms with E-state index in [1.807, 2.05) is 12.4 Å². The number of rotatable bonds is 6. The van der Waals surface area contributed by atoms with Crippen molar-refractivity contribution in [1.82, 2.24) is 10.3 Å². The third kappa shape index (κ3) is 3.42. The molecule has 3 nitrogen and oxygen atoms in total. The third-order valence-electron chi connectivity index (χ3n) is 4.24. The lowest BCUT2D eigenvalue weighted by Crippen LogP contribution is -2.27. The zero-order chi connectivity index (χ0) is 14.5. The van der Waals surface area contributed by atoms with Gasteiger partial charge in [-0.25, -0.2) is 0 Å². The molecule has 0 saturated carbocycles. The Kier molecular flexibility index (Phi) is 4.51. The second-order valence-corrected chi connectivity index (χ2v) is 5.68. The maximum absolute atomic E-state index is 4.06. The Morgan fingerprint density at radius 1 is 1.19 bits per heavy atom. The van der Waals surface area contributed by atoms with Crippen molar-refractivity contribution >= 4 is 5.69 Å². The maximum Gasteiger partial charge on any atom is 0.0399 e. The fourth-order valence-corrected chi connectivity index (χ4v) is 3.00. The van der Waals surface area contributed by atoms with Crippen LogP contribution in [0.15, 0.2) is 48.8 Å². The Morgan fingerprint density at radius 3 is 2.86 bits per heavy atom. The van der Waals surface area contributed by atoms with Gasteiger partial charge in [0.1, 0.15) is 0 Å². The van der Waals surface area contributed by atoms with Gasteiger partial charge in [-0.2, -0.15) is 0 Å². The van der Waals surface area contributed by atoms with E-state index in [2.05, 4.69) is 58.5 Å². The first-order valence-corrected chi connectivity index (χ1v) is 7.81. The van der Waals surface area contributed by atoms with E-state index in [4.69, 9.17) is 0 Å². The number of fused-ring (bicyclic) bond motifs is 1. The van der Waals surface area contributed by atoms with Gasteiger partial charge in [0, 0.05) is 37.2 Å². The van der Waals surface area contributed by atoms with Crippen molar-refractivity contribution in [2.45, 2.75) is 25.8 Å². The van der Waals surface area contributed by atoms with Gasteiger partial charge in [0.05, 0.1) is 0 Å². The number of aromatic nitrogens is 1. The van der Waals surface area contributed by atoms with Crippen LogP contribution >= 0.6 is 0 Å². The molecule has 0 saturated heterocycles. The summed E-state index contributed by atoms with van der Waals surface area (Å²) in [5.41, 5.74) is 4.23. The molecule has 1 atom stereocenters. The molecule has 0 radical (unpaired) electrons. The van der Waals surface area contributed by atoms with Crippen LogP contribution < -0.4 is 10.2 Å². The SMILES string of the molecule is CC(NCCCN1CCc2ccccc21)c1ccncc1. The van der Waals surface area contributed by atoms with Gasteiger partial charge < -0.3 is 10.2 Å². The van der Waals surface area contributed by atoms with Crippen molar-refractivity contribution in [2.75, 3.05) is 24.5 Å². The molecule has 0 bridgehead atoms. The zero-order valence-corrected chi connectivity index (χ0v) is 12.6. The Hall–Kier alpha value is -1.87. The summed E-state index contributed by atoms with van der Waals surface area (Å²) in [7, 11) is 0. The van der Waals surface area contributed by atoms with Crippen LogP contribution in [-0.4, -0.2) is 24.6 Å². The summed E-state index contributed by atoms with van der Waals surface area (Å²) in [6.07, 6.45) is 6.07. The minimum absolute atomic E-state index is 0.388. The highest BCUT2D eigenvalue weighted by molar-refractivity contribution is 5.57. The Morgan fingerprint density at radius 2 is 2.00 bits per heavy atom. The molecule has 1 aliphatic rings. The van der Waals surface area contributed by atoms with Crippen molar-refractivity contribution in [2.24, 2.45) is 0 Å². The van der Waals surface area contributed by atoms with Crippen molar-refractivity contribution < 1.29 is 0 Å². The van der Waals surface area contributed by atoms with Crippen molar-refractivity contribution in [3.8, 4) is 0 Å². The van der Waals surface area contributed by atoms with Gasteiger partial charge in [-0.15, -0.1) is 0 Å². The summed E-state index contributed by atoms with van der Waals surface area (Å²) in [5.74, 6) is 0. The van der Waals surface area contributed by atoms with Crippen LogP contribution in [0.2, 0.25) is 0 Å². The summed E-state index contributed by atoms with van der Waals surface area (Å²) in [6.45, 7) is 5.55. The number of nitrogens with zero attached hydrogens (tertiary/aromatic N) is 2. The minimum Gasteiger partial charge on any atom is -0.371 e. The zero-order valence-electron chi connectivity index (χ0n) is 12.6. The first-order valence-electron chi connectivity index (χ1n) is 7.81. The van der Waals surface area contributed by atoms with Crippen LogP contribution in [0, 0.1) is 0 Å². The predicted molar refractivity (Wildman–Crippen MR) is 87.6 cm³/mol. The standard InChI is InChI=1S/C18H23N3/c1-15(16-7-11-19-12-8-16)20-10-4-13-21-14-9-17-5-2-3-6-18(17)21/h2-3,5-8,11-12,15,20H,4,9-10,13-14H2,1H3. The topological polar surface area (TPSA) is 28.2 Å². The Bertz CT molecular complexity index is 568. The minimum atomic E-state index is 0.388. The first-order chi connectivity index (χ1) is 10.3. The molecular formula is C18H23N3. The average Bonchev–Trinajstić information content (AvgIpc) is 2.95. The van der Waals surface area contributed by atoms with Crippen molar-refractivity contribution in [3.63, 3.8) is 0 Å². The summed E-state index contributed by atoms with van der Waals surface area (Å²) in [5, 5.41) is 3.59. The van der Waals surface area contributed by atoms with Crippen LogP contribution in [0.3, 0.4) is 0 Å². The van der Waals surface area contributed by atoms with E-state index in [0.717, 1.165) is 13.1 Å². The molecule has 0 amide bonds. The van der Waals surface area contributed by atoms with Gasteiger partial charge in [0.15, 0.2) is 0 Å². The molecule has 1 N–H and O–H groups in total. The maximum atomic E-state index is 4.06. The van der Waals surface area contributed by atoms with Gasteiger partial charge >= 0.3 is 0 Å². The highest BCUT2D eigenvalue weighted by Gasteiger charge is 2.17. The monoisotopic (exact) mass is 281 g/mol. The highest BCUT2D eigenvalue weighted by atomic mass is 15.1. The molecule has 2 aromatic rings. The van der Waals surface area contributed by atoms with Gasteiger partial charge in [0.2, 0.25) is 0 Å². The molecule has 1 unspecified atom stereocenters. The molecule has 110 valence electrons. The number of anilines is 1. The van der Waals surface area contributed by atoms with Crippen LogP contribution in [0.4, 0.5) is 5.69 Å². The normalized spacial score (nSPS) is 15.0. The molecule has 1 aromatic carbocycles. The quantitative estimate of drug-likeness (QED) is 0.824. The summed E-state index contributed by atoms with van der Waals surface area (Å²) in [6, 6.07) is 13.3. The Labute approximate surface area is 127 Å². The van der Waals surface area contributed by atoms with E-state index >= 15 is 0 Å². The first kappa shape index (κ1) is 14.1. The lowest BCUT2D eigenvalue weighted by atomic mass is 10.1. The van der Waals surface area contributed by atoms with Crippen LogP contribution in [0.25, 0.3) is 0 Å². The molecule has 0 fully saturated rings. The Balaban J connectivity index is 1.43. The van der Waals surface area contributed by atoms with Gasteiger partial charge in [0.25, 0.3) is 0 Å². The lowest BCUT2D eigenvalue weighted by Gasteiger charge is -2.20. The highest BCUT2D eigenvalue weighted by Crippen LogP contribution is 2.27. The molecule has 21 heavy (non-hydrogen) atoms.